The van der Waals surface area contributed by atoms with Crippen molar-refractivity contribution in [3.05, 3.63) is 82.9 Å². The van der Waals surface area contributed by atoms with Gasteiger partial charge in [-0.25, -0.2) is 0 Å². The van der Waals surface area contributed by atoms with Crippen molar-refractivity contribution in [2.75, 3.05) is 4.81 Å². The average Bonchev–Trinajstić information content (AvgIpc) is 2.95. The summed E-state index contributed by atoms with van der Waals surface area (Å²) in [5.74, 6) is 0.982. The highest BCUT2D eigenvalue weighted by Gasteiger charge is 2.41. The zero-order valence-corrected chi connectivity index (χ0v) is 15.2. The summed E-state index contributed by atoms with van der Waals surface area (Å²) >= 11 is 0. The molecular formula is C22H22BNO. The molecule has 0 saturated heterocycles. The van der Waals surface area contributed by atoms with Gasteiger partial charge < -0.3 is 9.47 Å². The van der Waals surface area contributed by atoms with Gasteiger partial charge in [0.25, 0.3) is 0 Å². The molecule has 0 aliphatic carbocycles. The van der Waals surface area contributed by atoms with E-state index in [4.69, 9.17) is 4.65 Å². The standard InChI is InChI=1S/C22H22BNO/c1-15-13-17(3)21(18(4)14-15)23-24(19-10-6-5-7-11-19)20-12-8-9-16(2)22(20)25-23/h5-14H,1-4H3. The second kappa shape index (κ2) is 6.00. The first-order chi connectivity index (χ1) is 12.1. The van der Waals surface area contributed by atoms with Gasteiger partial charge in [-0.3, -0.25) is 0 Å². The van der Waals surface area contributed by atoms with Gasteiger partial charge >= 0.3 is 7.05 Å². The molecule has 3 heteroatoms. The van der Waals surface area contributed by atoms with E-state index in [0.29, 0.717) is 0 Å². The van der Waals surface area contributed by atoms with E-state index in [2.05, 4.69) is 93.2 Å². The normalized spacial score (nSPS) is 13.0. The molecule has 1 heterocycles. The van der Waals surface area contributed by atoms with Crippen LogP contribution < -0.4 is 14.9 Å². The first-order valence-corrected chi connectivity index (χ1v) is 8.74. The van der Waals surface area contributed by atoms with Crippen molar-refractivity contribution in [2.45, 2.75) is 27.7 Å². The summed E-state index contributed by atoms with van der Waals surface area (Å²) in [6.07, 6.45) is 0. The third-order valence-electron chi connectivity index (χ3n) is 4.93. The second-order valence-electron chi connectivity index (χ2n) is 6.91. The first-order valence-electron chi connectivity index (χ1n) is 8.74. The lowest BCUT2D eigenvalue weighted by atomic mass is 9.67. The monoisotopic (exact) mass is 327 g/mol. The number of anilines is 2. The summed E-state index contributed by atoms with van der Waals surface area (Å²) in [6.45, 7) is 8.61. The van der Waals surface area contributed by atoms with Crippen LogP contribution in [0.25, 0.3) is 0 Å². The molecule has 0 amide bonds. The van der Waals surface area contributed by atoms with Crippen LogP contribution in [0.15, 0.2) is 60.7 Å². The highest BCUT2D eigenvalue weighted by atomic mass is 16.5. The van der Waals surface area contributed by atoms with Crippen LogP contribution in [0.4, 0.5) is 11.4 Å². The van der Waals surface area contributed by atoms with Crippen LogP contribution >= 0.6 is 0 Å². The van der Waals surface area contributed by atoms with E-state index >= 15 is 0 Å². The summed E-state index contributed by atoms with van der Waals surface area (Å²) < 4.78 is 6.52. The third-order valence-corrected chi connectivity index (χ3v) is 4.93. The molecule has 124 valence electrons. The predicted octanol–water partition coefficient (Wildman–Crippen LogP) is 4.85. The SMILES string of the molecule is Cc1cc(C)c(B2Oc3c(C)cccc3N2c2ccccc2)c(C)c1. The number of rotatable bonds is 2. The van der Waals surface area contributed by atoms with E-state index in [1.807, 2.05) is 0 Å². The zero-order valence-electron chi connectivity index (χ0n) is 15.2. The lowest BCUT2D eigenvalue weighted by molar-refractivity contribution is 0.598. The number of para-hydroxylation sites is 2. The number of hydrogen-bond acceptors (Lipinski definition) is 2. The fourth-order valence-electron chi connectivity index (χ4n) is 3.90. The molecule has 0 atom stereocenters. The molecule has 0 unspecified atom stereocenters. The molecule has 0 radical (unpaired) electrons. The fraction of sp³-hybridized carbons (Fsp3) is 0.182. The summed E-state index contributed by atoms with van der Waals surface area (Å²) in [6, 6.07) is 21.3. The van der Waals surface area contributed by atoms with Crippen LogP contribution in [-0.2, 0) is 0 Å². The van der Waals surface area contributed by atoms with Gasteiger partial charge in [0.2, 0.25) is 0 Å². The Bertz CT molecular complexity index is 913. The van der Waals surface area contributed by atoms with Gasteiger partial charge in [0.15, 0.2) is 0 Å². The molecule has 4 rings (SSSR count). The van der Waals surface area contributed by atoms with E-state index in [1.165, 1.54) is 27.7 Å². The van der Waals surface area contributed by atoms with Gasteiger partial charge in [-0.1, -0.05) is 59.2 Å². The minimum atomic E-state index is -0.140. The fourth-order valence-corrected chi connectivity index (χ4v) is 3.90. The predicted molar refractivity (Wildman–Crippen MR) is 106 cm³/mol. The highest BCUT2D eigenvalue weighted by molar-refractivity contribution is 6.75. The van der Waals surface area contributed by atoms with Gasteiger partial charge in [-0.15, -0.1) is 0 Å². The zero-order chi connectivity index (χ0) is 17.6. The molecule has 0 fully saturated rings. The van der Waals surface area contributed by atoms with Gasteiger partial charge in [0.05, 0.1) is 5.69 Å². The molecule has 0 N–H and O–H groups in total. The van der Waals surface area contributed by atoms with E-state index in [-0.39, 0.29) is 7.05 Å². The third kappa shape index (κ3) is 2.60. The average molecular weight is 327 g/mol. The summed E-state index contributed by atoms with van der Waals surface area (Å²) in [5, 5.41) is 0. The molecule has 25 heavy (non-hydrogen) atoms. The van der Waals surface area contributed by atoms with Crippen molar-refractivity contribution in [2.24, 2.45) is 0 Å². The Balaban J connectivity index is 1.93. The van der Waals surface area contributed by atoms with E-state index < -0.39 is 0 Å². The maximum Gasteiger partial charge on any atom is 0.524 e. The quantitative estimate of drug-likeness (QED) is 0.624. The molecule has 0 spiro atoms. The topological polar surface area (TPSA) is 12.5 Å². The van der Waals surface area contributed by atoms with Crippen LogP contribution in [0.1, 0.15) is 22.3 Å². The molecule has 0 saturated carbocycles. The van der Waals surface area contributed by atoms with Gasteiger partial charge in [-0.2, -0.15) is 0 Å². The highest BCUT2D eigenvalue weighted by Crippen LogP contribution is 2.42. The summed E-state index contributed by atoms with van der Waals surface area (Å²) in [7, 11) is -0.140. The van der Waals surface area contributed by atoms with E-state index in [0.717, 1.165) is 17.1 Å². The number of nitrogens with zero attached hydrogens (tertiary/aromatic N) is 1. The molecule has 3 aromatic rings. The van der Waals surface area contributed by atoms with E-state index in [9.17, 15) is 0 Å². The first kappa shape index (κ1) is 15.8. The lowest BCUT2D eigenvalue weighted by Crippen LogP contribution is -2.49. The Labute approximate surface area is 150 Å². The summed E-state index contributed by atoms with van der Waals surface area (Å²) in [5.41, 5.74) is 8.54. The number of fused-ring (bicyclic) bond motifs is 1. The van der Waals surface area contributed by atoms with Crippen molar-refractivity contribution in [3.8, 4) is 5.75 Å². The number of benzene rings is 3. The maximum atomic E-state index is 6.52. The molecule has 0 bridgehead atoms. The molecule has 3 aromatic carbocycles. The van der Waals surface area contributed by atoms with E-state index in [1.54, 1.807) is 0 Å². The van der Waals surface area contributed by atoms with Gasteiger partial charge in [-0.05, 0) is 56.9 Å². The van der Waals surface area contributed by atoms with Crippen molar-refractivity contribution < 1.29 is 4.65 Å². The smallest absolute Gasteiger partial charge is 0.524 e. The van der Waals surface area contributed by atoms with Crippen LogP contribution in [0.2, 0.25) is 0 Å². The van der Waals surface area contributed by atoms with Crippen LogP contribution in [0, 0.1) is 27.7 Å². The largest absolute Gasteiger partial charge is 0.536 e. The molecule has 2 nitrogen and oxygen atoms in total. The Morgan fingerprint density at radius 3 is 2.12 bits per heavy atom. The minimum Gasteiger partial charge on any atom is -0.536 e. The van der Waals surface area contributed by atoms with Crippen molar-refractivity contribution in [3.63, 3.8) is 0 Å². The Morgan fingerprint density at radius 1 is 0.760 bits per heavy atom. The Morgan fingerprint density at radius 2 is 1.44 bits per heavy atom. The molecule has 0 aromatic heterocycles. The Kier molecular flexibility index (Phi) is 3.80. The molecular weight excluding hydrogens is 305 g/mol. The molecule has 1 aliphatic rings. The summed E-state index contributed by atoms with van der Waals surface area (Å²) in [4.78, 5) is 2.31. The van der Waals surface area contributed by atoms with Crippen LogP contribution in [-0.4, -0.2) is 7.05 Å². The number of hydrogen-bond donors (Lipinski definition) is 0. The Hall–Kier alpha value is -2.68. The van der Waals surface area contributed by atoms with Crippen LogP contribution in [0.5, 0.6) is 5.75 Å². The van der Waals surface area contributed by atoms with Gasteiger partial charge in [0.1, 0.15) is 5.75 Å². The van der Waals surface area contributed by atoms with Crippen LogP contribution in [0.3, 0.4) is 0 Å². The van der Waals surface area contributed by atoms with Crippen molar-refractivity contribution >= 4 is 23.9 Å². The minimum absolute atomic E-state index is 0.140. The van der Waals surface area contributed by atoms with Crippen molar-refractivity contribution in [1.29, 1.82) is 0 Å². The van der Waals surface area contributed by atoms with Crippen molar-refractivity contribution in [1.82, 2.24) is 0 Å². The molecule has 1 aliphatic heterocycles. The number of aryl methyl sites for hydroxylation is 4. The lowest BCUT2D eigenvalue weighted by Gasteiger charge is -2.24. The van der Waals surface area contributed by atoms with Gasteiger partial charge in [0, 0.05) is 5.69 Å². The maximum absolute atomic E-state index is 6.52. The second-order valence-corrected chi connectivity index (χ2v) is 6.91.